The Balaban J connectivity index is 2.80. The summed E-state index contributed by atoms with van der Waals surface area (Å²) in [5, 5.41) is 5.67. The Hall–Kier alpha value is -0.120. The Morgan fingerprint density at radius 2 is 2.12 bits per heavy atom. The van der Waals surface area contributed by atoms with E-state index in [1.165, 1.54) is 14.9 Å². The third-order valence-corrected chi connectivity index (χ3v) is 4.34. The maximum absolute atomic E-state index is 3.58. The monoisotopic (exact) mass is 315 g/mol. The van der Waals surface area contributed by atoms with Gasteiger partial charge in [-0.25, -0.2) is 0 Å². The molecule has 96 valence electrons. The smallest absolute Gasteiger partial charge is 0.0412 e. The molecule has 0 saturated carbocycles. The third kappa shape index (κ3) is 5.36. The van der Waals surface area contributed by atoms with Gasteiger partial charge in [0.2, 0.25) is 0 Å². The van der Waals surface area contributed by atoms with Crippen molar-refractivity contribution in [1.29, 1.82) is 0 Å². The second-order valence-electron chi connectivity index (χ2n) is 5.61. The van der Waals surface area contributed by atoms with Gasteiger partial charge in [0.1, 0.15) is 0 Å². The molecule has 0 aliphatic rings. The first-order chi connectivity index (χ1) is 7.79. The minimum absolute atomic E-state index is 0.167. The quantitative estimate of drug-likeness (QED) is 0.830. The highest BCUT2D eigenvalue weighted by atomic mass is 79.9. The molecule has 3 heteroatoms. The van der Waals surface area contributed by atoms with Crippen LogP contribution in [-0.2, 0) is 0 Å². The van der Waals surface area contributed by atoms with Crippen molar-refractivity contribution in [3.8, 4) is 0 Å². The second-order valence-corrected chi connectivity index (χ2v) is 7.41. The van der Waals surface area contributed by atoms with Crippen LogP contribution >= 0.6 is 27.3 Å². The lowest BCUT2D eigenvalue weighted by Crippen LogP contribution is -2.37. The molecule has 1 nitrogen and oxygen atoms in total. The Labute approximate surface area is 117 Å². The summed E-state index contributed by atoms with van der Waals surface area (Å²) in [6, 6.07) is 2.10. The maximum atomic E-state index is 3.58. The first-order valence-corrected chi connectivity index (χ1v) is 7.65. The minimum atomic E-state index is 0.167. The Morgan fingerprint density at radius 1 is 1.47 bits per heavy atom. The van der Waals surface area contributed by atoms with Crippen LogP contribution < -0.4 is 5.32 Å². The van der Waals surface area contributed by atoms with E-state index < -0.39 is 0 Å². The molecule has 0 unspecified atom stereocenters. The van der Waals surface area contributed by atoms with Gasteiger partial charge in [-0.1, -0.05) is 19.4 Å². The molecule has 1 N–H and O–H groups in total. The molecule has 0 radical (unpaired) electrons. The van der Waals surface area contributed by atoms with E-state index in [-0.39, 0.29) is 5.54 Å². The van der Waals surface area contributed by atoms with E-state index in [9.17, 15) is 0 Å². The molecule has 17 heavy (non-hydrogen) atoms. The van der Waals surface area contributed by atoms with Crippen LogP contribution in [0.1, 0.15) is 39.5 Å². The number of halogens is 1. The normalized spacial score (nSPS) is 13.5. The van der Waals surface area contributed by atoms with Gasteiger partial charge < -0.3 is 5.32 Å². The lowest BCUT2D eigenvalue weighted by molar-refractivity contribution is 0.437. The van der Waals surface area contributed by atoms with Crippen LogP contribution in [0.15, 0.2) is 21.5 Å². The first-order valence-electron chi connectivity index (χ1n) is 5.98. The second kappa shape index (κ2) is 6.17. The summed E-state index contributed by atoms with van der Waals surface area (Å²) in [6.07, 6.45) is 2.30. The molecule has 0 aromatic carbocycles. The molecule has 0 saturated heterocycles. The zero-order chi connectivity index (χ0) is 13.1. The largest absolute Gasteiger partial charge is 0.308 e. The van der Waals surface area contributed by atoms with Crippen molar-refractivity contribution < 1.29 is 0 Å². The molecule has 0 amide bonds. The molecule has 0 atom stereocenters. The molecule has 0 spiro atoms. The molecule has 0 fully saturated rings. The first kappa shape index (κ1) is 14.9. The van der Waals surface area contributed by atoms with Gasteiger partial charge in [0.15, 0.2) is 0 Å². The standard InChI is InChI=1S/C14H22BrNS/c1-10(2)11(9-16-14(3,4)5)8-13-12(15)6-7-17-13/h6-8,10,16H,9H2,1-5H3/b11-8+. The van der Waals surface area contributed by atoms with Crippen LogP contribution in [0.2, 0.25) is 0 Å². The van der Waals surface area contributed by atoms with E-state index in [2.05, 4.69) is 73.4 Å². The van der Waals surface area contributed by atoms with E-state index in [0.717, 1.165) is 6.54 Å². The highest BCUT2D eigenvalue weighted by Gasteiger charge is 2.12. The van der Waals surface area contributed by atoms with Crippen LogP contribution in [0.4, 0.5) is 0 Å². The van der Waals surface area contributed by atoms with E-state index in [4.69, 9.17) is 0 Å². The van der Waals surface area contributed by atoms with E-state index in [1.54, 1.807) is 11.3 Å². The topological polar surface area (TPSA) is 12.0 Å². The van der Waals surface area contributed by atoms with Crippen molar-refractivity contribution in [3.05, 3.63) is 26.4 Å². The van der Waals surface area contributed by atoms with Crippen LogP contribution in [0.25, 0.3) is 6.08 Å². The fourth-order valence-electron chi connectivity index (χ4n) is 1.37. The Morgan fingerprint density at radius 3 is 2.53 bits per heavy atom. The molecule has 1 rings (SSSR count). The summed E-state index contributed by atoms with van der Waals surface area (Å²) in [4.78, 5) is 1.31. The van der Waals surface area contributed by atoms with Gasteiger partial charge in [0, 0.05) is 21.4 Å². The van der Waals surface area contributed by atoms with E-state index in [1.807, 2.05) is 0 Å². The van der Waals surface area contributed by atoms with E-state index >= 15 is 0 Å². The summed E-state index contributed by atoms with van der Waals surface area (Å²) in [5.74, 6) is 0.568. The summed E-state index contributed by atoms with van der Waals surface area (Å²) in [5.41, 5.74) is 1.61. The molecule has 0 bridgehead atoms. The lowest BCUT2D eigenvalue weighted by Gasteiger charge is -2.23. The predicted octanol–water partition coefficient (Wildman–Crippen LogP) is 4.94. The van der Waals surface area contributed by atoms with Crippen LogP contribution in [0.5, 0.6) is 0 Å². The molecule has 1 aromatic heterocycles. The van der Waals surface area contributed by atoms with Gasteiger partial charge in [-0.15, -0.1) is 11.3 Å². The predicted molar refractivity (Wildman–Crippen MR) is 82.6 cm³/mol. The average Bonchev–Trinajstić information content (AvgIpc) is 2.56. The van der Waals surface area contributed by atoms with Crippen molar-refractivity contribution in [1.82, 2.24) is 5.32 Å². The highest BCUT2D eigenvalue weighted by Crippen LogP contribution is 2.26. The lowest BCUT2D eigenvalue weighted by atomic mass is 10.0. The Bertz CT molecular complexity index is 385. The van der Waals surface area contributed by atoms with Crippen LogP contribution in [0.3, 0.4) is 0 Å². The number of hydrogen-bond donors (Lipinski definition) is 1. The molecular weight excluding hydrogens is 294 g/mol. The van der Waals surface area contributed by atoms with Crippen molar-refractivity contribution in [2.45, 2.75) is 40.2 Å². The highest BCUT2D eigenvalue weighted by molar-refractivity contribution is 9.10. The molecule has 1 aromatic rings. The van der Waals surface area contributed by atoms with Gasteiger partial charge in [-0.2, -0.15) is 0 Å². The molecule has 0 aliphatic heterocycles. The number of thiophene rings is 1. The molecule has 1 heterocycles. The van der Waals surface area contributed by atoms with Gasteiger partial charge in [0.25, 0.3) is 0 Å². The van der Waals surface area contributed by atoms with Gasteiger partial charge in [0.05, 0.1) is 0 Å². The van der Waals surface area contributed by atoms with E-state index in [0.29, 0.717) is 5.92 Å². The van der Waals surface area contributed by atoms with Crippen molar-refractivity contribution in [2.75, 3.05) is 6.54 Å². The number of rotatable bonds is 4. The van der Waals surface area contributed by atoms with Gasteiger partial charge in [-0.3, -0.25) is 0 Å². The molecular formula is C14H22BrNS. The average molecular weight is 316 g/mol. The summed E-state index contributed by atoms with van der Waals surface area (Å²) >= 11 is 5.36. The Kier molecular flexibility index (Phi) is 5.42. The summed E-state index contributed by atoms with van der Waals surface area (Å²) in [7, 11) is 0. The minimum Gasteiger partial charge on any atom is -0.308 e. The third-order valence-electron chi connectivity index (χ3n) is 2.53. The van der Waals surface area contributed by atoms with Crippen molar-refractivity contribution in [3.63, 3.8) is 0 Å². The SMILES string of the molecule is CC(C)/C(=C/c1sccc1Br)CNC(C)(C)C. The fraction of sp³-hybridized carbons (Fsp3) is 0.571. The van der Waals surface area contributed by atoms with Crippen molar-refractivity contribution in [2.24, 2.45) is 5.92 Å². The maximum Gasteiger partial charge on any atom is 0.0412 e. The van der Waals surface area contributed by atoms with Gasteiger partial charge >= 0.3 is 0 Å². The summed E-state index contributed by atoms with van der Waals surface area (Å²) < 4.78 is 1.19. The number of hydrogen-bond acceptors (Lipinski definition) is 2. The molecule has 0 aliphatic carbocycles. The fourth-order valence-corrected chi connectivity index (χ4v) is 2.82. The summed E-state index contributed by atoms with van der Waals surface area (Å²) in [6.45, 7) is 12.0. The van der Waals surface area contributed by atoms with Crippen molar-refractivity contribution >= 4 is 33.3 Å². The zero-order valence-corrected chi connectivity index (χ0v) is 13.7. The van der Waals surface area contributed by atoms with Crippen LogP contribution in [-0.4, -0.2) is 12.1 Å². The number of nitrogens with one attached hydrogen (secondary N) is 1. The van der Waals surface area contributed by atoms with Crippen LogP contribution in [0, 0.1) is 5.92 Å². The van der Waals surface area contributed by atoms with Gasteiger partial charge in [-0.05, 0) is 60.1 Å². The zero-order valence-electron chi connectivity index (χ0n) is 11.3.